The highest BCUT2D eigenvalue weighted by Gasteiger charge is 2.26. The van der Waals surface area contributed by atoms with Gasteiger partial charge < -0.3 is 8.83 Å². The average molecular weight is 503 g/mol. The lowest BCUT2D eigenvalue weighted by molar-refractivity contribution is -0.659. The Balaban J connectivity index is 1.56. The summed E-state index contributed by atoms with van der Waals surface area (Å²) in [7, 11) is 2.06. The molecule has 3 aromatic heterocycles. The first kappa shape index (κ1) is 23.0. The van der Waals surface area contributed by atoms with Crippen LogP contribution in [0.3, 0.4) is 0 Å². The summed E-state index contributed by atoms with van der Waals surface area (Å²) in [4.78, 5) is 0. The van der Waals surface area contributed by atoms with Crippen LogP contribution < -0.4 is 4.57 Å². The van der Waals surface area contributed by atoms with Gasteiger partial charge in [0, 0.05) is 39.1 Å². The molecule has 0 amide bonds. The summed E-state index contributed by atoms with van der Waals surface area (Å²) in [5, 5.41) is 6.36. The monoisotopic (exact) mass is 502 g/mol. The predicted molar refractivity (Wildman–Crippen MR) is 153 cm³/mol. The minimum absolute atomic E-state index is 0.300. The first-order valence-corrected chi connectivity index (χ1v) is 13.2. The van der Waals surface area contributed by atoms with E-state index in [9.17, 15) is 4.39 Å². The molecule has 0 fully saturated rings. The fourth-order valence-electron chi connectivity index (χ4n) is 6.04. The van der Waals surface area contributed by atoms with Gasteiger partial charge in [-0.3, -0.25) is 0 Å². The molecular formula is C34H29FNO2+. The van der Waals surface area contributed by atoms with Crippen molar-refractivity contribution in [3.63, 3.8) is 0 Å². The van der Waals surface area contributed by atoms with E-state index in [1.165, 1.54) is 23.3 Å². The normalized spacial score (nSPS) is 12.3. The van der Waals surface area contributed by atoms with Gasteiger partial charge in [-0.15, -0.1) is 0 Å². The van der Waals surface area contributed by atoms with Crippen LogP contribution in [0.5, 0.6) is 0 Å². The lowest BCUT2D eigenvalue weighted by atomic mass is 9.93. The van der Waals surface area contributed by atoms with Crippen LogP contribution in [0.15, 0.2) is 75.7 Å². The quantitative estimate of drug-likeness (QED) is 0.226. The van der Waals surface area contributed by atoms with Gasteiger partial charge in [0.2, 0.25) is 5.69 Å². The Morgan fingerprint density at radius 2 is 1.47 bits per heavy atom. The van der Waals surface area contributed by atoms with Crippen LogP contribution in [0.25, 0.3) is 65.9 Å². The summed E-state index contributed by atoms with van der Waals surface area (Å²) in [5.41, 5.74) is 8.86. The second-order valence-corrected chi connectivity index (χ2v) is 11.0. The summed E-state index contributed by atoms with van der Waals surface area (Å²) < 4.78 is 29.1. The zero-order valence-electron chi connectivity index (χ0n) is 22.3. The Morgan fingerprint density at radius 1 is 0.737 bits per heavy atom. The number of halogens is 1. The van der Waals surface area contributed by atoms with E-state index < -0.39 is 0 Å². The smallest absolute Gasteiger partial charge is 0.224 e. The minimum Gasteiger partial charge on any atom is -0.455 e. The summed E-state index contributed by atoms with van der Waals surface area (Å²) in [6, 6.07) is 20.0. The molecule has 0 radical (unpaired) electrons. The third kappa shape index (κ3) is 3.29. The molecule has 7 rings (SSSR count). The molecule has 0 N–H and O–H groups in total. The molecule has 0 bridgehead atoms. The van der Waals surface area contributed by atoms with Gasteiger partial charge in [-0.2, -0.15) is 0 Å². The van der Waals surface area contributed by atoms with Crippen LogP contribution >= 0.6 is 0 Å². The van der Waals surface area contributed by atoms with Crippen LogP contribution in [0.1, 0.15) is 30.5 Å². The molecule has 3 nitrogen and oxygen atoms in total. The number of fused-ring (bicyclic) bond motifs is 8. The molecule has 3 heterocycles. The van der Waals surface area contributed by atoms with Gasteiger partial charge >= 0.3 is 0 Å². The van der Waals surface area contributed by atoms with Crippen molar-refractivity contribution in [2.24, 2.45) is 13.0 Å². The minimum atomic E-state index is -0.300. The molecule has 0 aliphatic rings. The molecule has 0 aliphatic heterocycles. The molecule has 0 spiro atoms. The van der Waals surface area contributed by atoms with Gasteiger partial charge in [0.1, 0.15) is 35.2 Å². The molecule has 188 valence electrons. The van der Waals surface area contributed by atoms with Gasteiger partial charge in [-0.25, -0.2) is 8.96 Å². The zero-order valence-corrected chi connectivity index (χ0v) is 22.3. The second kappa shape index (κ2) is 8.16. The molecule has 0 saturated carbocycles. The molecule has 38 heavy (non-hydrogen) atoms. The Labute approximate surface area is 220 Å². The maximum atomic E-state index is 14.1. The molecule has 4 aromatic carbocycles. The molecule has 0 aliphatic carbocycles. The number of hydrogen-bond donors (Lipinski definition) is 0. The van der Waals surface area contributed by atoms with Gasteiger partial charge in [-0.1, -0.05) is 19.9 Å². The van der Waals surface area contributed by atoms with Gasteiger partial charge in [-0.05, 0) is 85.3 Å². The highest BCUT2D eigenvalue weighted by Crippen LogP contribution is 2.42. The number of nitrogens with zero attached hydrogens (tertiary/aromatic N) is 1. The maximum Gasteiger partial charge on any atom is 0.224 e. The van der Waals surface area contributed by atoms with Crippen LogP contribution in [0, 0.1) is 25.6 Å². The van der Waals surface area contributed by atoms with Gasteiger partial charge in [0.05, 0.1) is 10.9 Å². The van der Waals surface area contributed by atoms with Gasteiger partial charge in [0.15, 0.2) is 6.20 Å². The number of rotatable bonds is 3. The van der Waals surface area contributed by atoms with E-state index in [1.807, 2.05) is 6.07 Å². The van der Waals surface area contributed by atoms with Crippen molar-refractivity contribution in [2.45, 2.75) is 34.1 Å². The van der Waals surface area contributed by atoms with Crippen molar-refractivity contribution in [1.82, 2.24) is 0 Å². The highest BCUT2D eigenvalue weighted by atomic mass is 19.1. The van der Waals surface area contributed by atoms with Crippen molar-refractivity contribution in [1.29, 1.82) is 0 Å². The number of hydrogen-bond acceptors (Lipinski definition) is 2. The van der Waals surface area contributed by atoms with Crippen molar-refractivity contribution in [2.75, 3.05) is 0 Å². The first-order valence-electron chi connectivity index (χ1n) is 13.2. The van der Waals surface area contributed by atoms with E-state index in [2.05, 4.69) is 88.0 Å². The topological polar surface area (TPSA) is 30.2 Å². The predicted octanol–water partition coefficient (Wildman–Crippen LogP) is 9.08. The van der Waals surface area contributed by atoms with Crippen molar-refractivity contribution >= 4 is 54.6 Å². The van der Waals surface area contributed by atoms with Gasteiger partial charge in [0.25, 0.3) is 0 Å². The average Bonchev–Trinajstić information content (AvgIpc) is 3.42. The number of benzene rings is 4. The lowest BCUT2D eigenvalue weighted by Gasteiger charge is -2.11. The highest BCUT2D eigenvalue weighted by molar-refractivity contribution is 6.18. The third-order valence-electron chi connectivity index (χ3n) is 7.94. The van der Waals surface area contributed by atoms with Crippen LogP contribution in [0.2, 0.25) is 0 Å². The molecular weight excluding hydrogens is 473 g/mol. The summed E-state index contributed by atoms with van der Waals surface area (Å²) >= 11 is 0. The largest absolute Gasteiger partial charge is 0.455 e. The fourth-order valence-corrected chi connectivity index (χ4v) is 6.04. The van der Waals surface area contributed by atoms with Crippen LogP contribution in [-0.2, 0) is 13.5 Å². The first-order chi connectivity index (χ1) is 18.3. The zero-order chi connectivity index (χ0) is 26.3. The summed E-state index contributed by atoms with van der Waals surface area (Å²) in [5.74, 6) is 0.296. The van der Waals surface area contributed by atoms with Crippen molar-refractivity contribution in [3.8, 4) is 11.3 Å². The van der Waals surface area contributed by atoms with E-state index in [4.69, 9.17) is 8.83 Å². The molecule has 0 atom stereocenters. The van der Waals surface area contributed by atoms with E-state index in [1.54, 1.807) is 0 Å². The molecule has 0 unspecified atom stereocenters. The van der Waals surface area contributed by atoms with Crippen molar-refractivity contribution < 1.29 is 17.8 Å². The molecule has 4 heteroatoms. The summed E-state index contributed by atoms with van der Waals surface area (Å²) in [6.07, 6.45) is 3.13. The molecule has 0 saturated heterocycles. The lowest BCUT2D eigenvalue weighted by Crippen LogP contribution is -2.30. The Kier molecular flexibility index (Phi) is 4.93. The number of aromatic nitrogens is 1. The fraction of sp³-hybridized carbons (Fsp3) is 0.206. The number of pyridine rings is 1. The number of aryl methyl sites for hydroxylation is 2. The maximum absolute atomic E-state index is 14.1. The van der Waals surface area contributed by atoms with Crippen LogP contribution in [0.4, 0.5) is 4.39 Å². The number of furan rings is 2. The summed E-state index contributed by atoms with van der Waals surface area (Å²) in [6.45, 7) is 8.75. The standard InChI is InChI=1S/C34H29FNO2/c1-18(2)14-21-6-11-29-27(16-21)25-10-9-24-26(33(25)37-29)12-13-36(5)32(24)31-20(4)19(3)15-28-23-8-7-22(35)17-30(23)38-34(28)31/h6-13,15-18H,14H2,1-5H3/q+1. The SMILES string of the molecule is Cc1cc2c(oc3cc(F)ccc32)c(-c2c3ccc4c5cc(CC(C)C)ccc5oc4c3cc[n+]2C)c1C. The van der Waals surface area contributed by atoms with E-state index in [0.717, 1.165) is 72.3 Å². The van der Waals surface area contributed by atoms with E-state index in [-0.39, 0.29) is 5.82 Å². The van der Waals surface area contributed by atoms with E-state index in [0.29, 0.717) is 11.5 Å². The molecule has 7 aromatic rings. The van der Waals surface area contributed by atoms with Crippen LogP contribution in [-0.4, -0.2) is 0 Å². The third-order valence-corrected chi connectivity index (χ3v) is 7.94. The van der Waals surface area contributed by atoms with Crippen molar-refractivity contribution in [3.05, 3.63) is 89.4 Å². The second-order valence-electron chi connectivity index (χ2n) is 11.0. The Morgan fingerprint density at radius 3 is 2.29 bits per heavy atom. The Hall–Kier alpha value is -4.18. The van der Waals surface area contributed by atoms with E-state index >= 15 is 0 Å². The Bertz CT molecular complexity index is 2080.